The lowest BCUT2D eigenvalue weighted by molar-refractivity contribution is -0.137. The van der Waals surface area contributed by atoms with Gasteiger partial charge >= 0.3 is 12.0 Å². The number of urea groups is 1. The monoisotopic (exact) mass is 287 g/mol. The van der Waals surface area contributed by atoms with Gasteiger partial charge < -0.3 is 15.7 Å². The molecule has 0 aliphatic rings. The SMILES string of the molecule is CCC(CC(=O)O)NC(=O)NCCN(C(C)C)C(C)C. The molecule has 0 radical (unpaired) electrons. The molecule has 0 saturated carbocycles. The van der Waals surface area contributed by atoms with Crippen molar-refractivity contribution in [2.75, 3.05) is 13.1 Å². The highest BCUT2D eigenvalue weighted by molar-refractivity contribution is 5.75. The highest BCUT2D eigenvalue weighted by atomic mass is 16.4. The number of carbonyl (C=O) groups excluding carboxylic acids is 1. The summed E-state index contributed by atoms with van der Waals surface area (Å²) in [5.74, 6) is -0.900. The van der Waals surface area contributed by atoms with Crippen LogP contribution in [0.25, 0.3) is 0 Å². The van der Waals surface area contributed by atoms with E-state index in [0.29, 0.717) is 25.0 Å². The molecule has 0 spiro atoms. The van der Waals surface area contributed by atoms with Gasteiger partial charge in [0.2, 0.25) is 0 Å². The van der Waals surface area contributed by atoms with Gasteiger partial charge in [0.25, 0.3) is 0 Å². The summed E-state index contributed by atoms with van der Waals surface area (Å²) in [6.07, 6.45) is 0.553. The Morgan fingerprint density at radius 2 is 1.70 bits per heavy atom. The van der Waals surface area contributed by atoms with E-state index in [0.717, 1.165) is 6.54 Å². The van der Waals surface area contributed by atoms with Crippen molar-refractivity contribution in [2.24, 2.45) is 0 Å². The van der Waals surface area contributed by atoms with Gasteiger partial charge in [0, 0.05) is 31.2 Å². The Morgan fingerprint density at radius 1 is 1.15 bits per heavy atom. The van der Waals surface area contributed by atoms with E-state index in [1.807, 2.05) is 6.92 Å². The summed E-state index contributed by atoms with van der Waals surface area (Å²) >= 11 is 0. The van der Waals surface area contributed by atoms with Gasteiger partial charge in [-0.3, -0.25) is 9.69 Å². The molecule has 2 amide bonds. The number of nitrogens with zero attached hydrogens (tertiary/aromatic N) is 1. The molecule has 3 N–H and O–H groups in total. The average Bonchev–Trinajstić information content (AvgIpc) is 2.32. The number of nitrogens with one attached hydrogen (secondary N) is 2. The van der Waals surface area contributed by atoms with Gasteiger partial charge in [0.05, 0.1) is 6.42 Å². The molecule has 0 aromatic heterocycles. The van der Waals surface area contributed by atoms with Crippen molar-refractivity contribution in [2.45, 2.75) is 65.6 Å². The van der Waals surface area contributed by atoms with Crippen molar-refractivity contribution >= 4 is 12.0 Å². The van der Waals surface area contributed by atoms with Crippen LogP contribution in [0.2, 0.25) is 0 Å². The summed E-state index contributed by atoms with van der Waals surface area (Å²) in [6, 6.07) is 0.231. The number of aliphatic carboxylic acids is 1. The standard InChI is InChI=1S/C14H29N3O3/c1-6-12(9-13(18)19)16-14(20)15-7-8-17(10(2)3)11(4)5/h10-12H,6-9H2,1-5H3,(H,18,19)(H2,15,16,20). The first-order valence-corrected chi connectivity index (χ1v) is 7.29. The predicted octanol–water partition coefficient (Wildman–Crippen LogP) is 1.66. The molecule has 0 heterocycles. The molecule has 0 fully saturated rings. The average molecular weight is 287 g/mol. The van der Waals surface area contributed by atoms with E-state index in [1.54, 1.807) is 0 Å². The van der Waals surface area contributed by atoms with Crippen LogP contribution in [0.5, 0.6) is 0 Å². The fourth-order valence-corrected chi connectivity index (χ4v) is 2.16. The summed E-state index contributed by atoms with van der Waals surface area (Å²) in [5, 5.41) is 14.2. The zero-order valence-corrected chi connectivity index (χ0v) is 13.3. The molecule has 118 valence electrons. The Kier molecular flexibility index (Phi) is 8.96. The largest absolute Gasteiger partial charge is 0.481 e. The van der Waals surface area contributed by atoms with Gasteiger partial charge in [0.15, 0.2) is 0 Å². The van der Waals surface area contributed by atoms with Gasteiger partial charge in [-0.15, -0.1) is 0 Å². The summed E-state index contributed by atoms with van der Waals surface area (Å²) < 4.78 is 0. The highest BCUT2D eigenvalue weighted by Gasteiger charge is 2.15. The van der Waals surface area contributed by atoms with E-state index in [1.165, 1.54) is 0 Å². The molecule has 0 aliphatic carbocycles. The highest BCUT2D eigenvalue weighted by Crippen LogP contribution is 2.03. The Labute approximate surface area is 121 Å². The van der Waals surface area contributed by atoms with Crippen LogP contribution in [0.1, 0.15) is 47.5 Å². The fourth-order valence-electron chi connectivity index (χ4n) is 2.16. The fraction of sp³-hybridized carbons (Fsp3) is 0.857. The van der Waals surface area contributed by atoms with Crippen LogP contribution in [0, 0.1) is 0 Å². The van der Waals surface area contributed by atoms with Crippen molar-refractivity contribution in [3.63, 3.8) is 0 Å². The van der Waals surface area contributed by atoms with Crippen molar-refractivity contribution in [3.8, 4) is 0 Å². The lowest BCUT2D eigenvalue weighted by atomic mass is 10.1. The molecule has 6 nitrogen and oxygen atoms in total. The Bertz CT molecular complexity index is 298. The predicted molar refractivity (Wildman–Crippen MR) is 79.8 cm³/mol. The van der Waals surface area contributed by atoms with Crippen molar-refractivity contribution in [1.29, 1.82) is 0 Å². The second-order valence-electron chi connectivity index (χ2n) is 5.53. The maximum atomic E-state index is 11.7. The van der Waals surface area contributed by atoms with E-state index in [9.17, 15) is 9.59 Å². The number of hydrogen-bond donors (Lipinski definition) is 3. The molecular formula is C14H29N3O3. The zero-order chi connectivity index (χ0) is 15.7. The molecule has 0 aliphatic heterocycles. The van der Waals surface area contributed by atoms with E-state index >= 15 is 0 Å². The first-order chi connectivity index (χ1) is 9.27. The quantitative estimate of drug-likeness (QED) is 0.602. The van der Waals surface area contributed by atoms with E-state index < -0.39 is 5.97 Å². The van der Waals surface area contributed by atoms with Gasteiger partial charge in [-0.25, -0.2) is 4.79 Å². The number of hydrogen-bond acceptors (Lipinski definition) is 3. The Balaban J connectivity index is 4.06. The number of carbonyl (C=O) groups is 2. The van der Waals surface area contributed by atoms with E-state index in [2.05, 4.69) is 43.2 Å². The van der Waals surface area contributed by atoms with Crippen LogP contribution in [0.15, 0.2) is 0 Å². The van der Waals surface area contributed by atoms with Crippen LogP contribution in [0.3, 0.4) is 0 Å². The minimum atomic E-state index is -0.900. The molecule has 0 saturated heterocycles. The van der Waals surface area contributed by atoms with Crippen LogP contribution < -0.4 is 10.6 Å². The summed E-state index contributed by atoms with van der Waals surface area (Å²) in [4.78, 5) is 24.6. The molecule has 0 bridgehead atoms. The molecule has 0 aromatic rings. The smallest absolute Gasteiger partial charge is 0.315 e. The van der Waals surface area contributed by atoms with Gasteiger partial charge in [-0.1, -0.05) is 6.92 Å². The molecule has 20 heavy (non-hydrogen) atoms. The number of rotatable bonds is 9. The number of carboxylic acids is 1. The first kappa shape index (κ1) is 18.7. The number of carboxylic acid groups (broad SMARTS) is 1. The third-order valence-electron chi connectivity index (χ3n) is 3.23. The second-order valence-corrected chi connectivity index (χ2v) is 5.53. The molecule has 1 atom stereocenters. The van der Waals surface area contributed by atoms with Crippen molar-refractivity contribution in [3.05, 3.63) is 0 Å². The molecular weight excluding hydrogens is 258 g/mol. The molecule has 6 heteroatoms. The molecule has 1 unspecified atom stereocenters. The zero-order valence-electron chi connectivity index (χ0n) is 13.3. The maximum Gasteiger partial charge on any atom is 0.315 e. The summed E-state index contributed by atoms with van der Waals surface area (Å²) in [5.41, 5.74) is 0. The van der Waals surface area contributed by atoms with Crippen LogP contribution in [-0.4, -0.2) is 53.2 Å². The topological polar surface area (TPSA) is 81.7 Å². The first-order valence-electron chi connectivity index (χ1n) is 7.29. The third kappa shape index (κ3) is 7.99. The van der Waals surface area contributed by atoms with Crippen LogP contribution in [0.4, 0.5) is 4.79 Å². The van der Waals surface area contributed by atoms with E-state index in [-0.39, 0.29) is 18.5 Å². The second kappa shape index (κ2) is 9.58. The van der Waals surface area contributed by atoms with Crippen LogP contribution >= 0.6 is 0 Å². The minimum absolute atomic E-state index is 0.0476. The normalized spacial score (nSPS) is 12.8. The van der Waals surface area contributed by atoms with Gasteiger partial charge in [0.1, 0.15) is 0 Å². The Hall–Kier alpha value is -1.30. The molecule has 0 aromatic carbocycles. The third-order valence-corrected chi connectivity index (χ3v) is 3.23. The lowest BCUT2D eigenvalue weighted by Gasteiger charge is -2.30. The lowest BCUT2D eigenvalue weighted by Crippen LogP contribution is -2.47. The maximum absolute atomic E-state index is 11.7. The number of amides is 2. The Morgan fingerprint density at radius 3 is 2.10 bits per heavy atom. The molecule has 0 rings (SSSR count). The van der Waals surface area contributed by atoms with Crippen molar-refractivity contribution in [1.82, 2.24) is 15.5 Å². The minimum Gasteiger partial charge on any atom is -0.481 e. The van der Waals surface area contributed by atoms with Crippen LogP contribution in [-0.2, 0) is 4.79 Å². The van der Waals surface area contributed by atoms with Gasteiger partial charge in [-0.05, 0) is 34.1 Å². The van der Waals surface area contributed by atoms with Crippen molar-refractivity contribution < 1.29 is 14.7 Å². The van der Waals surface area contributed by atoms with Gasteiger partial charge in [-0.2, -0.15) is 0 Å². The summed E-state index contributed by atoms with van der Waals surface area (Å²) in [7, 11) is 0. The van der Waals surface area contributed by atoms with E-state index in [4.69, 9.17) is 5.11 Å². The summed E-state index contributed by atoms with van der Waals surface area (Å²) in [6.45, 7) is 11.7.